The molecule has 0 saturated carbocycles. The molecule has 1 aromatic rings. The summed E-state index contributed by atoms with van der Waals surface area (Å²) in [5, 5.41) is 6.84. The molecule has 24 heavy (non-hydrogen) atoms. The predicted octanol–water partition coefficient (Wildman–Crippen LogP) is 2.77. The number of nitrogens with one attached hydrogen (secondary N) is 2. The molecule has 1 fully saturated rings. The molecule has 2 rings (SSSR count). The van der Waals surface area contributed by atoms with E-state index in [0.29, 0.717) is 0 Å². The van der Waals surface area contributed by atoms with Crippen molar-refractivity contribution in [2.24, 2.45) is 4.99 Å². The van der Waals surface area contributed by atoms with Crippen LogP contribution < -0.4 is 15.5 Å². The molecule has 0 bridgehead atoms. The summed E-state index contributed by atoms with van der Waals surface area (Å²) in [6.07, 6.45) is 5.05. The summed E-state index contributed by atoms with van der Waals surface area (Å²) in [7, 11) is 1.83. The van der Waals surface area contributed by atoms with Crippen LogP contribution in [-0.2, 0) is 11.3 Å². The van der Waals surface area contributed by atoms with Gasteiger partial charge in [-0.3, -0.25) is 4.99 Å². The van der Waals surface area contributed by atoms with Gasteiger partial charge in [0.25, 0.3) is 0 Å². The van der Waals surface area contributed by atoms with Crippen LogP contribution in [0.5, 0.6) is 0 Å². The number of guanidine groups is 1. The normalized spacial score (nSPS) is 15.4. The van der Waals surface area contributed by atoms with Crippen molar-refractivity contribution in [2.75, 3.05) is 44.8 Å². The molecule has 5 nitrogen and oxygen atoms in total. The Morgan fingerprint density at radius 3 is 2.67 bits per heavy atom. The topological polar surface area (TPSA) is 48.9 Å². The van der Waals surface area contributed by atoms with Crippen LogP contribution in [0, 0.1) is 0 Å². The van der Waals surface area contributed by atoms with E-state index in [1.165, 1.54) is 36.9 Å². The van der Waals surface area contributed by atoms with Crippen LogP contribution in [0.1, 0.15) is 38.2 Å². The Morgan fingerprint density at radius 1 is 1.12 bits per heavy atom. The highest BCUT2D eigenvalue weighted by atomic mass is 16.5. The largest absolute Gasteiger partial charge is 0.378 e. The maximum atomic E-state index is 5.46. The average Bonchev–Trinajstić information content (AvgIpc) is 2.65. The Bertz CT molecular complexity index is 498. The number of rotatable bonds is 8. The third-order valence-corrected chi connectivity index (χ3v) is 4.34. The molecule has 0 spiro atoms. The highest BCUT2D eigenvalue weighted by Crippen LogP contribution is 2.21. The first-order valence-corrected chi connectivity index (χ1v) is 9.20. The number of unbranched alkanes of at least 4 members (excludes halogenated alkanes) is 3. The lowest BCUT2D eigenvalue weighted by Gasteiger charge is -2.30. The first-order chi connectivity index (χ1) is 11.8. The first kappa shape index (κ1) is 18.6. The van der Waals surface area contributed by atoms with Gasteiger partial charge in [-0.05, 0) is 18.1 Å². The van der Waals surface area contributed by atoms with E-state index in [-0.39, 0.29) is 0 Å². The van der Waals surface area contributed by atoms with Crippen molar-refractivity contribution < 1.29 is 4.74 Å². The third kappa shape index (κ3) is 6.04. The Kier molecular flexibility index (Phi) is 8.46. The highest BCUT2D eigenvalue weighted by molar-refractivity contribution is 5.79. The summed E-state index contributed by atoms with van der Waals surface area (Å²) < 4.78 is 5.46. The van der Waals surface area contributed by atoms with E-state index < -0.39 is 0 Å². The molecule has 0 aromatic heterocycles. The van der Waals surface area contributed by atoms with E-state index in [2.05, 4.69) is 51.7 Å². The maximum absolute atomic E-state index is 5.46. The number of benzene rings is 1. The Balaban J connectivity index is 1.84. The Morgan fingerprint density at radius 2 is 1.92 bits per heavy atom. The van der Waals surface area contributed by atoms with Gasteiger partial charge in [-0.2, -0.15) is 0 Å². The van der Waals surface area contributed by atoms with Gasteiger partial charge in [-0.25, -0.2) is 0 Å². The van der Waals surface area contributed by atoms with Gasteiger partial charge in [0.2, 0.25) is 0 Å². The molecule has 0 amide bonds. The van der Waals surface area contributed by atoms with E-state index in [4.69, 9.17) is 4.74 Å². The second-order valence-corrected chi connectivity index (χ2v) is 6.14. The van der Waals surface area contributed by atoms with Crippen molar-refractivity contribution in [3.05, 3.63) is 29.8 Å². The van der Waals surface area contributed by atoms with Gasteiger partial charge in [-0.15, -0.1) is 0 Å². The maximum Gasteiger partial charge on any atom is 0.191 e. The van der Waals surface area contributed by atoms with Crippen molar-refractivity contribution in [3.8, 4) is 0 Å². The zero-order valence-corrected chi connectivity index (χ0v) is 15.2. The Labute approximate surface area is 146 Å². The lowest BCUT2D eigenvalue weighted by atomic mass is 10.1. The van der Waals surface area contributed by atoms with Gasteiger partial charge >= 0.3 is 0 Å². The zero-order valence-electron chi connectivity index (χ0n) is 15.2. The molecule has 5 heteroatoms. The lowest BCUT2D eigenvalue weighted by Crippen LogP contribution is -2.39. The van der Waals surface area contributed by atoms with Gasteiger partial charge in [0.05, 0.1) is 13.2 Å². The third-order valence-electron chi connectivity index (χ3n) is 4.34. The fourth-order valence-corrected chi connectivity index (χ4v) is 2.93. The number of morpholine rings is 1. The quantitative estimate of drug-likeness (QED) is 0.437. The van der Waals surface area contributed by atoms with Crippen LogP contribution >= 0.6 is 0 Å². The highest BCUT2D eigenvalue weighted by Gasteiger charge is 2.14. The van der Waals surface area contributed by atoms with Gasteiger partial charge in [-0.1, -0.05) is 44.4 Å². The minimum absolute atomic E-state index is 0.780. The molecule has 2 N–H and O–H groups in total. The summed E-state index contributed by atoms with van der Waals surface area (Å²) in [5.74, 6) is 0.878. The monoisotopic (exact) mass is 332 g/mol. The summed E-state index contributed by atoms with van der Waals surface area (Å²) in [6.45, 7) is 7.53. The molecule has 1 heterocycles. The molecule has 1 saturated heterocycles. The molecule has 0 atom stereocenters. The number of aliphatic imine (C=N–C) groups is 1. The van der Waals surface area contributed by atoms with Crippen molar-refractivity contribution >= 4 is 11.6 Å². The summed E-state index contributed by atoms with van der Waals surface area (Å²) in [5.41, 5.74) is 2.60. The number of hydrogen-bond acceptors (Lipinski definition) is 3. The number of nitrogens with zero attached hydrogens (tertiary/aromatic N) is 2. The van der Waals surface area contributed by atoms with Crippen LogP contribution in [0.15, 0.2) is 29.3 Å². The van der Waals surface area contributed by atoms with Crippen LogP contribution in [0.3, 0.4) is 0 Å². The molecule has 0 radical (unpaired) electrons. The number of para-hydroxylation sites is 1. The minimum Gasteiger partial charge on any atom is -0.378 e. The van der Waals surface area contributed by atoms with Gasteiger partial charge < -0.3 is 20.3 Å². The van der Waals surface area contributed by atoms with Crippen molar-refractivity contribution in [2.45, 2.75) is 39.2 Å². The van der Waals surface area contributed by atoms with E-state index >= 15 is 0 Å². The fraction of sp³-hybridized carbons (Fsp3) is 0.632. The van der Waals surface area contributed by atoms with Gasteiger partial charge in [0, 0.05) is 38.9 Å². The second-order valence-electron chi connectivity index (χ2n) is 6.14. The summed E-state index contributed by atoms with van der Waals surface area (Å²) >= 11 is 0. The number of ether oxygens (including phenoxy) is 1. The number of anilines is 1. The molecule has 1 aromatic carbocycles. The molecule has 0 unspecified atom stereocenters. The van der Waals surface area contributed by atoms with Crippen molar-refractivity contribution in [1.82, 2.24) is 10.6 Å². The number of hydrogen-bond donors (Lipinski definition) is 2. The van der Waals surface area contributed by atoms with Crippen LogP contribution in [0.4, 0.5) is 5.69 Å². The van der Waals surface area contributed by atoms with Gasteiger partial charge in [0.15, 0.2) is 5.96 Å². The lowest BCUT2D eigenvalue weighted by molar-refractivity contribution is 0.122. The standard InChI is InChI=1S/C19H32N4O/c1-3-4-5-8-11-21-19(20-2)22-16-17-9-6-7-10-18(17)23-12-14-24-15-13-23/h6-7,9-10H,3-5,8,11-16H2,1-2H3,(H2,20,21,22). The predicted molar refractivity (Wildman–Crippen MR) is 102 cm³/mol. The first-order valence-electron chi connectivity index (χ1n) is 9.20. The van der Waals surface area contributed by atoms with Gasteiger partial charge in [0.1, 0.15) is 0 Å². The average molecular weight is 332 g/mol. The van der Waals surface area contributed by atoms with Crippen LogP contribution in [0.2, 0.25) is 0 Å². The SMILES string of the molecule is CCCCCCNC(=NC)NCc1ccccc1N1CCOCC1. The van der Waals surface area contributed by atoms with E-state index in [1.807, 2.05) is 7.05 Å². The zero-order chi connectivity index (χ0) is 17.0. The van der Waals surface area contributed by atoms with Crippen molar-refractivity contribution in [3.63, 3.8) is 0 Å². The fourth-order valence-electron chi connectivity index (χ4n) is 2.93. The summed E-state index contributed by atoms with van der Waals surface area (Å²) in [4.78, 5) is 6.73. The van der Waals surface area contributed by atoms with Crippen LogP contribution in [-0.4, -0.2) is 45.9 Å². The molecule has 134 valence electrons. The van der Waals surface area contributed by atoms with E-state index in [1.54, 1.807) is 0 Å². The summed E-state index contributed by atoms with van der Waals surface area (Å²) in [6, 6.07) is 8.59. The van der Waals surface area contributed by atoms with Crippen LogP contribution in [0.25, 0.3) is 0 Å². The molecular formula is C19H32N4O. The smallest absolute Gasteiger partial charge is 0.191 e. The Hall–Kier alpha value is -1.75. The second kappa shape index (κ2) is 10.9. The molecule has 1 aliphatic rings. The molecule has 0 aliphatic carbocycles. The van der Waals surface area contributed by atoms with Crippen molar-refractivity contribution in [1.29, 1.82) is 0 Å². The van der Waals surface area contributed by atoms with E-state index in [0.717, 1.165) is 45.4 Å². The molecule has 1 aliphatic heterocycles. The molecular weight excluding hydrogens is 300 g/mol. The van der Waals surface area contributed by atoms with E-state index in [9.17, 15) is 0 Å². The minimum atomic E-state index is 0.780.